The van der Waals surface area contributed by atoms with Crippen LogP contribution in [0.25, 0.3) is 0 Å². The van der Waals surface area contributed by atoms with Gasteiger partial charge in [0.2, 0.25) is 5.91 Å². The quantitative estimate of drug-likeness (QED) is 0.775. The Morgan fingerprint density at radius 2 is 2.00 bits per heavy atom. The van der Waals surface area contributed by atoms with Crippen LogP contribution in [0.3, 0.4) is 0 Å². The molecule has 14 heavy (non-hydrogen) atoms. The van der Waals surface area contributed by atoms with E-state index in [4.69, 9.17) is 0 Å². The number of rotatable bonds is 3. The van der Waals surface area contributed by atoms with Crippen LogP contribution in [0.2, 0.25) is 0 Å². The zero-order valence-corrected chi connectivity index (χ0v) is 10.2. The summed E-state index contributed by atoms with van der Waals surface area (Å²) in [6.07, 6.45) is 5.23. The molecule has 0 aromatic carbocycles. The fraction of sp³-hybridized carbons (Fsp3) is 0.909. The Morgan fingerprint density at radius 1 is 1.43 bits per heavy atom. The molecule has 80 valence electrons. The molecule has 3 atom stereocenters. The molecular weight excluding hydrogens is 242 g/mol. The van der Waals surface area contributed by atoms with E-state index in [-0.39, 0.29) is 6.04 Å². The van der Waals surface area contributed by atoms with Gasteiger partial charge in [0, 0.05) is 17.3 Å². The molecule has 1 amide bonds. The van der Waals surface area contributed by atoms with E-state index in [1.54, 1.807) is 0 Å². The molecule has 2 saturated carbocycles. The van der Waals surface area contributed by atoms with Crippen molar-refractivity contribution in [2.75, 3.05) is 5.33 Å². The lowest BCUT2D eigenvalue weighted by atomic mass is 10.0. The van der Waals surface area contributed by atoms with Gasteiger partial charge < -0.3 is 5.32 Å². The topological polar surface area (TPSA) is 29.1 Å². The molecule has 0 heterocycles. The van der Waals surface area contributed by atoms with E-state index in [1.165, 1.54) is 25.7 Å². The molecule has 2 nitrogen and oxygen atoms in total. The first-order valence-electron chi connectivity index (χ1n) is 5.60. The highest BCUT2D eigenvalue weighted by Gasteiger charge is 2.54. The lowest BCUT2D eigenvalue weighted by molar-refractivity contribution is -0.123. The number of alkyl halides is 1. The van der Waals surface area contributed by atoms with E-state index in [0.717, 1.165) is 17.2 Å². The standard InChI is InChI=1S/C11H18BrNO/c1-7(6-12)13-11(14)10-8-4-2-3-5-9(8)10/h7-10H,2-6H2,1H3,(H,13,14). The van der Waals surface area contributed by atoms with Gasteiger partial charge in [-0.05, 0) is 31.6 Å². The maximum absolute atomic E-state index is 11.8. The molecule has 3 unspecified atom stereocenters. The smallest absolute Gasteiger partial charge is 0.223 e. The van der Waals surface area contributed by atoms with E-state index in [0.29, 0.717) is 11.8 Å². The molecule has 2 aliphatic rings. The van der Waals surface area contributed by atoms with Crippen LogP contribution in [0.1, 0.15) is 32.6 Å². The Labute approximate surface area is 94.0 Å². The van der Waals surface area contributed by atoms with Gasteiger partial charge in [0.05, 0.1) is 0 Å². The number of nitrogens with one attached hydrogen (secondary N) is 1. The minimum absolute atomic E-state index is 0.269. The number of fused-ring (bicyclic) bond motifs is 1. The first-order valence-corrected chi connectivity index (χ1v) is 6.72. The molecule has 0 aromatic rings. The SMILES string of the molecule is CC(CBr)NC(=O)C1C2CCCCC21. The second-order valence-corrected chi connectivity index (χ2v) is 5.35. The number of halogens is 1. The Balaban J connectivity index is 1.82. The monoisotopic (exact) mass is 259 g/mol. The summed E-state index contributed by atoms with van der Waals surface area (Å²) in [5, 5.41) is 3.91. The van der Waals surface area contributed by atoms with Gasteiger partial charge in [0.15, 0.2) is 0 Å². The van der Waals surface area contributed by atoms with Crippen molar-refractivity contribution in [2.45, 2.75) is 38.6 Å². The minimum atomic E-state index is 0.269. The molecule has 1 N–H and O–H groups in total. The molecule has 3 heteroatoms. The van der Waals surface area contributed by atoms with Crippen molar-refractivity contribution in [1.82, 2.24) is 5.32 Å². The highest BCUT2D eigenvalue weighted by Crippen LogP contribution is 2.55. The molecule has 2 aliphatic carbocycles. The van der Waals surface area contributed by atoms with Crippen molar-refractivity contribution in [2.24, 2.45) is 17.8 Å². The summed E-state index contributed by atoms with van der Waals surface area (Å²) < 4.78 is 0. The van der Waals surface area contributed by atoms with Crippen molar-refractivity contribution in [1.29, 1.82) is 0 Å². The fourth-order valence-electron chi connectivity index (χ4n) is 2.76. The third kappa shape index (κ3) is 1.97. The molecule has 2 rings (SSSR count). The summed E-state index contributed by atoms with van der Waals surface area (Å²) in [5.41, 5.74) is 0. The molecule has 0 aromatic heterocycles. The van der Waals surface area contributed by atoms with E-state index in [9.17, 15) is 4.79 Å². The first-order chi connectivity index (χ1) is 6.74. The largest absolute Gasteiger partial charge is 0.353 e. The Morgan fingerprint density at radius 3 is 2.50 bits per heavy atom. The summed E-state index contributed by atoms with van der Waals surface area (Å²) in [6, 6.07) is 0.269. The maximum Gasteiger partial charge on any atom is 0.223 e. The van der Waals surface area contributed by atoms with Crippen molar-refractivity contribution in [3.63, 3.8) is 0 Å². The normalized spacial score (nSPS) is 37.1. The number of hydrogen-bond acceptors (Lipinski definition) is 1. The summed E-state index contributed by atoms with van der Waals surface area (Å²) >= 11 is 3.37. The lowest BCUT2D eigenvalue weighted by Gasteiger charge is -2.10. The molecule has 0 saturated heterocycles. The Bertz CT molecular complexity index is 219. The van der Waals surface area contributed by atoms with E-state index in [1.807, 2.05) is 6.92 Å². The van der Waals surface area contributed by atoms with Gasteiger partial charge in [-0.2, -0.15) is 0 Å². The molecule has 0 radical (unpaired) electrons. The second kappa shape index (κ2) is 4.21. The van der Waals surface area contributed by atoms with Gasteiger partial charge >= 0.3 is 0 Å². The second-order valence-electron chi connectivity index (χ2n) is 4.70. The van der Waals surface area contributed by atoms with Crippen molar-refractivity contribution in [3.8, 4) is 0 Å². The van der Waals surface area contributed by atoms with Crippen LogP contribution >= 0.6 is 15.9 Å². The molecule has 0 bridgehead atoms. The average Bonchev–Trinajstić information content (AvgIpc) is 2.91. The van der Waals surface area contributed by atoms with E-state index >= 15 is 0 Å². The fourth-order valence-corrected chi connectivity index (χ4v) is 2.92. The molecular formula is C11H18BrNO. The van der Waals surface area contributed by atoms with E-state index < -0.39 is 0 Å². The Kier molecular flexibility index (Phi) is 3.15. The zero-order chi connectivity index (χ0) is 10.1. The number of amides is 1. The zero-order valence-electron chi connectivity index (χ0n) is 8.63. The van der Waals surface area contributed by atoms with Crippen LogP contribution in [-0.2, 0) is 4.79 Å². The predicted molar refractivity (Wildman–Crippen MR) is 60.3 cm³/mol. The van der Waals surface area contributed by atoms with Crippen LogP contribution in [0.4, 0.5) is 0 Å². The van der Waals surface area contributed by atoms with Crippen LogP contribution in [0, 0.1) is 17.8 Å². The van der Waals surface area contributed by atoms with Gasteiger partial charge in [0.1, 0.15) is 0 Å². The first kappa shape index (κ1) is 10.5. The maximum atomic E-state index is 11.8. The molecule has 0 spiro atoms. The summed E-state index contributed by atoms with van der Waals surface area (Å²) in [7, 11) is 0. The average molecular weight is 260 g/mol. The van der Waals surface area contributed by atoms with Crippen molar-refractivity contribution < 1.29 is 4.79 Å². The third-order valence-corrected chi connectivity index (χ3v) is 4.55. The number of carbonyl (C=O) groups excluding carboxylic acids is 1. The van der Waals surface area contributed by atoms with Gasteiger partial charge in [0.25, 0.3) is 0 Å². The van der Waals surface area contributed by atoms with Crippen molar-refractivity contribution in [3.05, 3.63) is 0 Å². The summed E-state index contributed by atoms with van der Waals surface area (Å²) in [4.78, 5) is 11.8. The van der Waals surface area contributed by atoms with Crippen LogP contribution in [-0.4, -0.2) is 17.3 Å². The predicted octanol–water partition coefficient (Wildman–Crippen LogP) is 2.32. The molecule has 0 aliphatic heterocycles. The highest BCUT2D eigenvalue weighted by molar-refractivity contribution is 9.09. The highest BCUT2D eigenvalue weighted by atomic mass is 79.9. The number of hydrogen-bond donors (Lipinski definition) is 1. The van der Waals surface area contributed by atoms with E-state index in [2.05, 4.69) is 21.2 Å². The van der Waals surface area contributed by atoms with Gasteiger partial charge in [-0.1, -0.05) is 28.8 Å². The summed E-state index contributed by atoms with van der Waals surface area (Å²) in [5.74, 6) is 2.12. The van der Waals surface area contributed by atoms with Crippen LogP contribution < -0.4 is 5.32 Å². The minimum Gasteiger partial charge on any atom is -0.353 e. The van der Waals surface area contributed by atoms with Gasteiger partial charge in [-0.25, -0.2) is 0 Å². The lowest BCUT2D eigenvalue weighted by Crippen LogP contribution is -2.35. The van der Waals surface area contributed by atoms with Gasteiger partial charge in [-0.15, -0.1) is 0 Å². The Hall–Kier alpha value is -0.0500. The van der Waals surface area contributed by atoms with Crippen LogP contribution in [0.15, 0.2) is 0 Å². The van der Waals surface area contributed by atoms with Crippen molar-refractivity contribution >= 4 is 21.8 Å². The van der Waals surface area contributed by atoms with Gasteiger partial charge in [-0.3, -0.25) is 4.79 Å². The molecule has 2 fully saturated rings. The van der Waals surface area contributed by atoms with Crippen LogP contribution in [0.5, 0.6) is 0 Å². The summed E-state index contributed by atoms with van der Waals surface area (Å²) in [6.45, 7) is 2.04. The number of carbonyl (C=O) groups is 1. The third-order valence-electron chi connectivity index (χ3n) is 3.58.